The summed E-state index contributed by atoms with van der Waals surface area (Å²) in [5.74, 6) is -0.300. The van der Waals surface area contributed by atoms with E-state index in [-0.39, 0.29) is 5.91 Å². The predicted molar refractivity (Wildman–Crippen MR) is 109 cm³/mol. The van der Waals surface area contributed by atoms with Gasteiger partial charge in [0, 0.05) is 18.7 Å². The van der Waals surface area contributed by atoms with E-state index in [1.807, 2.05) is 41.1 Å². The number of carbonyl (C=O) groups excluding carboxylic acids is 2. The van der Waals surface area contributed by atoms with Crippen LogP contribution >= 0.6 is 0 Å². The Kier molecular flexibility index (Phi) is 5.03. The van der Waals surface area contributed by atoms with Gasteiger partial charge in [-0.15, -0.1) is 5.10 Å². The van der Waals surface area contributed by atoms with Crippen molar-refractivity contribution in [3.05, 3.63) is 83.9 Å². The van der Waals surface area contributed by atoms with Crippen LogP contribution in [0.15, 0.2) is 72.8 Å². The van der Waals surface area contributed by atoms with E-state index in [0.717, 1.165) is 16.6 Å². The number of hydrogen-bond acceptors (Lipinski definition) is 5. The van der Waals surface area contributed by atoms with Crippen molar-refractivity contribution in [2.75, 3.05) is 5.32 Å². The van der Waals surface area contributed by atoms with E-state index in [0.29, 0.717) is 23.5 Å². The Morgan fingerprint density at radius 1 is 1.00 bits per heavy atom. The smallest absolute Gasteiger partial charge is 0.343 e. The van der Waals surface area contributed by atoms with Crippen LogP contribution in [0.3, 0.4) is 0 Å². The minimum absolute atomic E-state index is 0.191. The fourth-order valence-electron chi connectivity index (χ4n) is 2.96. The van der Waals surface area contributed by atoms with Gasteiger partial charge in [0.15, 0.2) is 0 Å². The summed E-state index contributed by atoms with van der Waals surface area (Å²) < 4.78 is 7.22. The van der Waals surface area contributed by atoms with Crippen molar-refractivity contribution in [3.8, 4) is 5.75 Å². The summed E-state index contributed by atoms with van der Waals surface area (Å²) in [5.41, 5.74) is 3.79. The lowest BCUT2D eigenvalue weighted by atomic mass is 10.1. The molecule has 0 aliphatic carbocycles. The molecule has 0 saturated heterocycles. The monoisotopic (exact) mass is 386 g/mol. The van der Waals surface area contributed by atoms with E-state index in [9.17, 15) is 9.59 Å². The zero-order valence-corrected chi connectivity index (χ0v) is 15.7. The minimum Gasteiger partial charge on any atom is -0.423 e. The van der Waals surface area contributed by atoms with Crippen LogP contribution in [-0.4, -0.2) is 26.9 Å². The molecule has 7 heteroatoms. The van der Waals surface area contributed by atoms with Crippen LogP contribution in [-0.2, 0) is 11.3 Å². The van der Waals surface area contributed by atoms with Gasteiger partial charge in [0.25, 0.3) is 0 Å². The van der Waals surface area contributed by atoms with Gasteiger partial charge in [0.2, 0.25) is 5.91 Å². The van der Waals surface area contributed by atoms with Crippen LogP contribution in [0.2, 0.25) is 0 Å². The summed E-state index contributed by atoms with van der Waals surface area (Å²) in [6, 6.07) is 21.6. The summed E-state index contributed by atoms with van der Waals surface area (Å²) in [6.07, 6.45) is 0. The van der Waals surface area contributed by atoms with E-state index >= 15 is 0 Å². The number of amides is 1. The van der Waals surface area contributed by atoms with Gasteiger partial charge in [0.05, 0.1) is 17.6 Å². The Balaban J connectivity index is 1.45. The number of aromatic nitrogens is 3. The summed E-state index contributed by atoms with van der Waals surface area (Å²) in [4.78, 5) is 23.6. The van der Waals surface area contributed by atoms with E-state index in [1.165, 1.54) is 6.92 Å². The van der Waals surface area contributed by atoms with Crippen molar-refractivity contribution < 1.29 is 14.3 Å². The number of hydrogen-bond donors (Lipinski definition) is 1. The van der Waals surface area contributed by atoms with Gasteiger partial charge in [-0.25, -0.2) is 9.48 Å². The Morgan fingerprint density at radius 2 is 1.79 bits per heavy atom. The molecule has 4 rings (SSSR count). The first-order valence-electron chi connectivity index (χ1n) is 9.05. The van der Waals surface area contributed by atoms with E-state index in [1.54, 1.807) is 36.4 Å². The summed E-state index contributed by atoms with van der Waals surface area (Å²) in [6.45, 7) is 1.97. The number of para-hydroxylation sites is 1. The molecule has 0 saturated carbocycles. The number of anilines is 1. The van der Waals surface area contributed by atoms with Gasteiger partial charge >= 0.3 is 5.97 Å². The molecule has 1 aromatic heterocycles. The van der Waals surface area contributed by atoms with Gasteiger partial charge in [-0.05, 0) is 42.0 Å². The molecule has 0 bridgehead atoms. The van der Waals surface area contributed by atoms with Crippen molar-refractivity contribution >= 4 is 28.6 Å². The molecule has 0 unspecified atom stereocenters. The first-order chi connectivity index (χ1) is 14.1. The first kappa shape index (κ1) is 18.4. The molecule has 0 spiro atoms. The highest BCUT2D eigenvalue weighted by Gasteiger charge is 2.10. The zero-order valence-electron chi connectivity index (χ0n) is 15.7. The Hall–Kier alpha value is -4.00. The van der Waals surface area contributed by atoms with Gasteiger partial charge in [-0.2, -0.15) is 0 Å². The minimum atomic E-state index is -0.470. The maximum Gasteiger partial charge on any atom is 0.343 e. The number of fused-ring (bicyclic) bond motifs is 1. The lowest BCUT2D eigenvalue weighted by Gasteiger charge is -2.08. The number of nitrogens with one attached hydrogen (secondary N) is 1. The van der Waals surface area contributed by atoms with Gasteiger partial charge < -0.3 is 10.1 Å². The fraction of sp³-hybridized carbons (Fsp3) is 0.0909. The second-order valence-corrected chi connectivity index (χ2v) is 6.53. The van der Waals surface area contributed by atoms with E-state index < -0.39 is 5.97 Å². The number of benzene rings is 3. The molecule has 3 aromatic carbocycles. The van der Waals surface area contributed by atoms with E-state index in [2.05, 4.69) is 15.6 Å². The highest BCUT2D eigenvalue weighted by molar-refractivity contribution is 5.92. The van der Waals surface area contributed by atoms with Crippen molar-refractivity contribution in [2.45, 2.75) is 13.5 Å². The Morgan fingerprint density at radius 3 is 2.59 bits per heavy atom. The van der Waals surface area contributed by atoms with Crippen LogP contribution in [0.1, 0.15) is 22.8 Å². The third kappa shape index (κ3) is 4.30. The number of rotatable bonds is 5. The molecule has 7 nitrogen and oxygen atoms in total. The second kappa shape index (κ2) is 7.93. The number of ether oxygens (including phenoxy) is 1. The van der Waals surface area contributed by atoms with Crippen molar-refractivity contribution in [3.63, 3.8) is 0 Å². The molecule has 0 fully saturated rings. The average molecular weight is 386 g/mol. The third-order valence-electron chi connectivity index (χ3n) is 4.31. The molecule has 0 radical (unpaired) electrons. The SMILES string of the molecule is CC(=O)Nc1cccc(OC(=O)c2ccc(Cn3nnc4ccccc43)cc2)c1. The number of carbonyl (C=O) groups is 2. The molecular weight excluding hydrogens is 368 g/mol. The third-order valence-corrected chi connectivity index (χ3v) is 4.31. The Labute approximate surface area is 166 Å². The van der Waals surface area contributed by atoms with Crippen LogP contribution in [0.25, 0.3) is 11.0 Å². The molecule has 0 aliphatic heterocycles. The van der Waals surface area contributed by atoms with Gasteiger partial charge in [-0.3, -0.25) is 4.79 Å². The molecule has 1 N–H and O–H groups in total. The predicted octanol–water partition coefficient (Wildman–Crippen LogP) is 3.66. The van der Waals surface area contributed by atoms with Crippen molar-refractivity contribution in [1.82, 2.24) is 15.0 Å². The van der Waals surface area contributed by atoms with E-state index in [4.69, 9.17) is 4.74 Å². The topological polar surface area (TPSA) is 86.1 Å². The van der Waals surface area contributed by atoms with Crippen LogP contribution < -0.4 is 10.1 Å². The Bertz CT molecular complexity index is 1180. The molecule has 1 amide bonds. The highest BCUT2D eigenvalue weighted by atomic mass is 16.5. The molecule has 144 valence electrons. The lowest BCUT2D eigenvalue weighted by molar-refractivity contribution is -0.114. The normalized spacial score (nSPS) is 10.7. The van der Waals surface area contributed by atoms with Gasteiger partial charge in [0.1, 0.15) is 11.3 Å². The lowest BCUT2D eigenvalue weighted by Crippen LogP contribution is -2.10. The number of esters is 1. The second-order valence-electron chi connectivity index (χ2n) is 6.53. The maximum atomic E-state index is 12.4. The molecular formula is C22H18N4O3. The van der Waals surface area contributed by atoms with Crippen molar-refractivity contribution in [1.29, 1.82) is 0 Å². The molecule has 1 heterocycles. The zero-order chi connectivity index (χ0) is 20.2. The molecule has 0 aliphatic rings. The largest absolute Gasteiger partial charge is 0.423 e. The average Bonchev–Trinajstić information content (AvgIpc) is 3.11. The standard InChI is InChI=1S/C22H18N4O3/c1-15(27)23-18-5-4-6-19(13-18)29-22(28)17-11-9-16(10-12-17)14-26-21-8-3-2-7-20(21)24-25-26/h2-13H,14H2,1H3,(H,23,27). The number of nitrogens with zero attached hydrogens (tertiary/aromatic N) is 3. The molecule has 4 aromatic rings. The van der Waals surface area contributed by atoms with Crippen LogP contribution in [0.4, 0.5) is 5.69 Å². The molecule has 29 heavy (non-hydrogen) atoms. The highest BCUT2D eigenvalue weighted by Crippen LogP contribution is 2.19. The molecule has 0 atom stereocenters. The maximum absolute atomic E-state index is 12.4. The quantitative estimate of drug-likeness (QED) is 0.418. The van der Waals surface area contributed by atoms with Crippen molar-refractivity contribution in [2.24, 2.45) is 0 Å². The van der Waals surface area contributed by atoms with Gasteiger partial charge in [-0.1, -0.05) is 35.5 Å². The first-order valence-corrected chi connectivity index (χ1v) is 9.05. The summed E-state index contributed by atoms with van der Waals surface area (Å²) in [5, 5.41) is 11.0. The van der Waals surface area contributed by atoms with Crippen LogP contribution in [0, 0.1) is 0 Å². The van der Waals surface area contributed by atoms with Crippen LogP contribution in [0.5, 0.6) is 5.75 Å². The summed E-state index contributed by atoms with van der Waals surface area (Å²) >= 11 is 0. The fourth-order valence-corrected chi connectivity index (χ4v) is 2.96. The summed E-state index contributed by atoms with van der Waals surface area (Å²) in [7, 11) is 0.